The minimum Gasteiger partial charge on any atom is -0.891 e. The van der Waals surface area contributed by atoms with Gasteiger partial charge in [-0.15, -0.1) is 0 Å². The number of ether oxygens (including phenoxy) is 1. The van der Waals surface area contributed by atoms with Gasteiger partial charge >= 0.3 is 109 Å². The zero-order valence-corrected chi connectivity index (χ0v) is 13.3. The third kappa shape index (κ3) is 7.32. The van der Waals surface area contributed by atoms with E-state index in [4.69, 9.17) is 0 Å². The van der Waals surface area contributed by atoms with Crippen molar-refractivity contribution in [2.45, 2.75) is 12.2 Å². The number of methoxy groups -OCH3 is 1. The Bertz CT molecular complexity index is 117. The maximum absolute atomic E-state index is 11.8. The van der Waals surface area contributed by atoms with Gasteiger partial charge in [-0.2, -0.15) is 8.78 Å². The molecule has 0 N–H and O–H groups in total. The number of hydrogen-bond donors (Lipinski definition) is 0. The van der Waals surface area contributed by atoms with Crippen LogP contribution >= 0.6 is 0 Å². The van der Waals surface area contributed by atoms with Crippen LogP contribution in [0.5, 0.6) is 0 Å². The van der Waals surface area contributed by atoms with Crippen molar-refractivity contribution in [2.75, 3.05) is 7.11 Å². The van der Waals surface area contributed by atoms with Crippen LogP contribution < -0.4 is 113 Å². The Hall–Kier alpha value is 3.01. The van der Waals surface area contributed by atoms with E-state index in [9.17, 15) is 23.2 Å². The van der Waals surface area contributed by atoms with E-state index < -0.39 is 19.3 Å². The quantitative estimate of drug-likeness (QED) is 0.456. The predicted molar refractivity (Wildman–Crippen MR) is 22.6 cm³/mol. The standard InChI is InChI=1S/C3H4BF3O3.2K/c1-10-3(6,7)2(5)4(8)9;;/h2H,1H3;;/q-2;2*+1. The molecule has 0 heterocycles. The molecule has 0 aromatic carbocycles. The smallest absolute Gasteiger partial charge is 0.891 e. The molecule has 0 amide bonds. The fourth-order valence-electron chi connectivity index (χ4n) is 0.271. The molecule has 0 aromatic heterocycles. The first-order chi connectivity index (χ1) is 4.41. The number of halogens is 3. The molecule has 60 valence electrons. The summed E-state index contributed by atoms with van der Waals surface area (Å²) in [7, 11) is -2.72. The van der Waals surface area contributed by atoms with E-state index in [-0.39, 0.29) is 103 Å². The summed E-state index contributed by atoms with van der Waals surface area (Å²) in [5.74, 6) is 0. The Labute approximate surface area is 153 Å². The molecule has 0 saturated carbocycles. The molecular weight excluding hydrogens is 230 g/mol. The summed E-state index contributed by atoms with van der Waals surface area (Å²) in [4.78, 5) is 0. The second-order valence-corrected chi connectivity index (χ2v) is 1.54. The van der Waals surface area contributed by atoms with Crippen molar-refractivity contribution < 1.29 is 131 Å². The van der Waals surface area contributed by atoms with Crippen LogP contribution in [-0.4, -0.2) is 26.4 Å². The zero-order chi connectivity index (χ0) is 8.36. The molecule has 1 unspecified atom stereocenters. The normalized spacial score (nSPS) is 12.5. The first kappa shape index (κ1) is 20.4. The molecule has 0 spiro atoms. The molecule has 0 aliphatic rings. The summed E-state index contributed by atoms with van der Waals surface area (Å²) in [5.41, 5.74) is 0. The molecule has 0 saturated heterocycles. The van der Waals surface area contributed by atoms with Gasteiger partial charge in [-0.1, -0.05) is 7.12 Å². The Morgan fingerprint density at radius 3 is 1.75 bits per heavy atom. The Balaban J connectivity index is -0.000000405. The van der Waals surface area contributed by atoms with Crippen LogP contribution in [0.3, 0.4) is 0 Å². The molecule has 0 bridgehead atoms. The molecule has 0 aromatic rings. The Morgan fingerprint density at radius 2 is 1.67 bits per heavy atom. The predicted octanol–water partition coefficient (Wildman–Crippen LogP) is -7.68. The topological polar surface area (TPSA) is 55.3 Å². The van der Waals surface area contributed by atoms with Gasteiger partial charge < -0.3 is 14.8 Å². The second kappa shape index (κ2) is 9.25. The van der Waals surface area contributed by atoms with Crippen LogP contribution in [0, 0.1) is 0 Å². The van der Waals surface area contributed by atoms with Gasteiger partial charge in [0.05, 0.1) is 0 Å². The molecular formula is C3H4BF3K2O3. The molecule has 1 atom stereocenters. The third-order valence-corrected chi connectivity index (χ3v) is 0.832. The minimum atomic E-state index is -4.27. The maximum atomic E-state index is 11.8. The average molecular weight is 234 g/mol. The van der Waals surface area contributed by atoms with E-state index in [0.29, 0.717) is 7.11 Å². The van der Waals surface area contributed by atoms with E-state index >= 15 is 0 Å². The maximum Gasteiger partial charge on any atom is 1.00 e. The summed E-state index contributed by atoms with van der Waals surface area (Å²) < 4.78 is 38.7. The van der Waals surface area contributed by atoms with Gasteiger partial charge in [0.1, 0.15) is 6.07 Å². The largest absolute Gasteiger partial charge is 1.00 e. The first-order valence-corrected chi connectivity index (χ1v) is 2.30. The van der Waals surface area contributed by atoms with Crippen molar-refractivity contribution in [1.82, 2.24) is 0 Å². The summed E-state index contributed by atoms with van der Waals surface area (Å²) in [5, 5.41) is 19.1. The van der Waals surface area contributed by atoms with Crippen LogP contribution in [0.1, 0.15) is 0 Å². The van der Waals surface area contributed by atoms with E-state index in [2.05, 4.69) is 4.74 Å². The van der Waals surface area contributed by atoms with E-state index in [0.717, 1.165) is 0 Å². The van der Waals surface area contributed by atoms with Crippen LogP contribution in [0.2, 0.25) is 0 Å². The summed E-state index contributed by atoms with van der Waals surface area (Å²) in [6, 6.07) is 0. The molecule has 0 aliphatic carbocycles. The van der Waals surface area contributed by atoms with Crippen LogP contribution in [-0.2, 0) is 4.74 Å². The van der Waals surface area contributed by atoms with Gasteiger partial charge in [0.25, 0.3) is 0 Å². The molecule has 0 fully saturated rings. The van der Waals surface area contributed by atoms with Gasteiger partial charge in [0.15, 0.2) is 0 Å². The number of alkyl halides is 3. The fourth-order valence-corrected chi connectivity index (χ4v) is 0.271. The monoisotopic (exact) mass is 234 g/mol. The third-order valence-electron chi connectivity index (χ3n) is 0.832. The van der Waals surface area contributed by atoms with Gasteiger partial charge in [-0.05, 0) is 0 Å². The van der Waals surface area contributed by atoms with Crippen molar-refractivity contribution in [3.8, 4) is 0 Å². The van der Waals surface area contributed by atoms with E-state index in [1.165, 1.54) is 0 Å². The summed E-state index contributed by atoms with van der Waals surface area (Å²) >= 11 is 0. The van der Waals surface area contributed by atoms with Crippen LogP contribution in [0.15, 0.2) is 0 Å². The van der Waals surface area contributed by atoms with Crippen molar-refractivity contribution in [2.24, 2.45) is 0 Å². The Kier molecular flexibility index (Phi) is 15.7. The number of rotatable bonds is 3. The average Bonchev–Trinajstić information content (AvgIpc) is 1.86. The van der Waals surface area contributed by atoms with Gasteiger partial charge in [-0.25, -0.2) is 0 Å². The van der Waals surface area contributed by atoms with Crippen LogP contribution in [0.4, 0.5) is 13.2 Å². The molecule has 0 rings (SSSR count). The first-order valence-electron chi connectivity index (χ1n) is 2.30. The van der Waals surface area contributed by atoms with E-state index in [1.807, 2.05) is 0 Å². The van der Waals surface area contributed by atoms with Crippen molar-refractivity contribution in [3.63, 3.8) is 0 Å². The molecule has 9 heteroatoms. The zero-order valence-electron chi connectivity index (χ0n) is 7.01. The second-order valence-electron chi connectivity index (χ2n) is 1.54. The molecule has 0 radical (unpaired) electrons. The Morgan fingerprint density at radius 1 is 1.33 bits per heavy atom. The van der Waals surface area contributed by atoms with Gasteiger partial charge in [0, 0.05) is 7.11 Å². The number of hydrogen-bond acceptors (Lipinski definition) is 3. The van der Waals surface area contributed by atoms with E-state index in [1.54, 1.807) is 0 Å². The SMILES string of the molecule is COC(F)(F)C(F)B([O-])[O-].[K+].[K+]. The fraction of sp³-hybridized carbons (Fsp3) is 1.00. The van der Waals surface area contributed by atoms with Crippen LogP contribution in [0.25, 0.3) is 0 Å². The minimum absolute atomic E-state index is 0. The summed E-state index contributed by atoms with van der Waals surface area (Å²) in [6.07, 6.45) is -7.61. The van der Waals surface area contributed by atoms with Crippen molar-refractivity contribution in [3.05, 3.63) is 0 Å². The molecule has 12 heavy (non-hydrogen) atoms. The van der Waals surface area contributed by atoms with Crippen molar-refractivity contribution >= 4 is 7.12 Å². The molecule has 3 nitrogen and oxygen atoms in total. The molecule has 0 aliphatic heterocycles. The summed E-state index contributed by atoms with van der Waals surface area (Å²) in [6.45, 7) is 0. The van der Waals surface area contributed by atoms with Gasteiger partial charge in [0.2, 0.25) is 0 Å². The van der Waals surface area contributed by atoms with Crippen molar-refractivity contribution in [1.29, 1.82) is 0 Å². The van der Waals surface area contributed by atoms with Gasteiger partial charge in [-0.3, -0.25) is 4.39 Å².